The Kier molecular flexibility index (Phi) is 7.03. The molecule has 2 aromatic carbocycles. The van der Waals surface area contributed by atoms with Crippen molar-refractivity contribution in [3.8, 4) is 28.6 Å². The summed E-state index contributed by atoms with van der Waals surface area (Å²) in [6, 6.07) is 21.8. The van der Waals surface area contributed by atoms with E-state index < -0.39 is 10.8 Å². The molecule has 0 aliphatic carbocycles. The summed E-state index contributed by atoms with van der Waals surface area (Å²) in [4.78, 5) is 17.4. The van der Waals surface area contributed by atoms with Crippen molar-refractivity contribution >= 4 is 17.7 Å². The van der Waals surface area contributed by atoms with Gasteiger partial charge < -0.3 is 5.32 Å². The number of hydrogen-bond acceptors (Lipinski definition) is 6. The van der Waals surface area contributed by atoms with E-state index in [0.29, 0.717) is 16.5 Å². The number of benzene rings is 2. The Balaban J connectivity index is 1.89. The molecule has 7 heteroatoms. The predicted molar refractivity (Wildman–Crippen MR) is 123 cm³/mol. The van der Waals surface area contributed by atoms with Gasteiger partial charge in [0.05, 0.1) is 11.3 Å². The molecule has 6 nitrogen and oxygen atoms in total. The fraction of sp³-hybridized carbons (Fsp3) is 0.292. The number of thioether (sulfide) groups is 1. The van der Waals surface area contributed by atoms with Crippen molar-refractivity contribution in [2.45, 2.75) is 43.6 Å². The number of nitriles is 1. The first-order valence-corrected chi connectivity index (χ1v) is 11.0. The second kappa shape index (κ2) is 9.71. The van der Waals surface area contributed by atoms with E-state index in [-0.39, 0.29) is 11.8 Å². The molecule has 0 bridgehead atoms. The highest BCUT2D eigenvalue weighted by Gasteiger charge is 2.32. The molecule has 2 atom stereocenters. The summed E-state index contributed by atoms with van der Waals surface area (Å²) in [7, 11) is 0. The minimum absolute atomic E-state index is 0.0218. The molecule has 31 heavy (non-hydrogen) atoms. The summed E-state index contributed by atoms with van der Waals surface area (Å²) in [6.45, 7) is 7.31. The van der Waals surface area contributed by atoms with E-state index in [1.54, 1.807) is 13.8 Å². The highest BCUT2D eigenvalue weighted by atomic mass is 32.2. The van der Waals surface area contributed by atoms with Crippen molar-refractivity contribution < 1.29 is 4.79 Å². The zero-order chi connectivity index (χ0) is 22.4. The van der Waals surface area contributed by atoms with Gasteiger partial charge in [-0.05, 0) is 19.8 Å². The van der Waals surface area contributed by atoms with Crippen LogP contribution in [0, 0.1) is 17.2 Å². The van der Waals surface area contributed by atoms with Crippen molar-refractivity contribution in [3.63, 3.8) is 0 Å². The molecule has 0 fully saturated rings. The van der Waals surface area contributed by atoms with Gasteiger partial charge in [0.25, 0.3) is 0 Å². The number of nitrogens with one attached hydrogen (secondary N) is 1. The zero-order valence-corrected chi connectivity index (χ0v) is 18.9. The fourth-order valence-electron chi connectivity index (χ4n) is 2.82. The van der Waals surface area contributed by atoms with Gasteiger partial charge in [0.15, 0.2) is 0 Å². The maximum Gasteiger partial charge on any atom is 0.234 e. The summed E-state index contributed by atoms with van der Waals surface area (Å²) in [5, 5.41) is 21.0. The average Bonchev–Trinajstić information content (AvgIpc) is 2.79. The molecule has 3 rings (SSSR count). The molecule has 1 N–H and O–H groups in total. The van der Waals surface area contributed by atoms with E-state index in [1.807, 2.05) is 74.5 Å². The van der Waals surface area contributed by atoms with Crippen molar-refractivity contribution in [1.82, 2.24) is 20.5 Å². The number of amides is 1. The summed E-state index contributed by atoms with van der Waals surface area (Å²) >= 11 is 1.22. The Hall–Kier alpha value is -3.24. The van der Waals surface area contributed by atoms with Crippen molar-refractivity contribution in [3.05, 3.63) is 60.7 Å². The third kappa shape index (κ3) is 5.28. The Labute approximate surface area is 187 Å². The fourth-order valence-corrected chi connectivity index (χ4v) is 3.53. The lowest BCUT2D eigenvalue weighted by atomic mass is 9.90. The maximum atomic E-state index is 12.7. The van der Waals surface area contributed by atoms with Gasteiger partial charge in [-0.3, -0.25) is 4.79 Å². The van der Waals surface area contributed by atoms with Gasteiger partial charge in [0.2, 0.25) is 11.1 Å². The van der Waals surface area contributed by atoms with Gasteiger partial charge in [0, 0.05) is 11.1 Å². The van der Waals surface area contributed by atoms with E-state index in [2.05, 4.69) is 21.6 Å². The largest absolute Gasteiger partial charge is 0.337 e. The number of nitrogens with zero attached hydrogens (tertiary/aromatic N) is 4. The van der Waals surface area contributed by atoms with Crippen LogP contribution in [0.3, 0.4) is 0 Å². The van der Waals surface area contributed by atoms with Crippen molar-refractivity contribution in [1.29, 1.82) is 5.26 Å². The van der Waals surface area contributed by atoms with Gasteiger partial charge in [-0.2, -0.15) is 5.26 Å². The third-order valence-corrected chi connectivity index (χ3v) is 6.13. The summed E-state index contributed by atoms with van der Waals surface area (Å²) in [5.74, 6) is -0.258. The minimum atomic E-state index is -0.933. The van der Waals surface area contributed by atoms with Crippen molar-refractivity contribution in [2.24, 2.45) is 5.92 Å². The van der Waals surface area contributed by atoms with E-state index >= 15 is 0 Å². The molecule has 158 valence electrons. The molecular formula is C24H25N5OS. The molecule has 1 heterocycles. The van der Waals surface area contributed by atoms with Crippen LogP contribution in [0.4, 0.5) is 0 Å². The van der Waals surface area contributed by atoms with Crippen LogP contribution in [-0.2, 0) is 4.79 Å². The van der Waals surface area contributed by atoms with Crippen LogP contribution in [0.1, 0.15) is 27.7 Å². The predicted octanol–water partition coefficient (Wildman–Crippen LogP) is 4.74. The van der Waals surface area contributed by atoms with Crippen LogP contribution in [0.5, 0.6) is 0 Å². The number of rotatable bonds is 7. The maximum absolute atomic E-state index is 12.7. The topological polar surface area (TPSA) is 91.6 Å². The SMILES string of the molecule is CC(Sc1nnc(-c2ccccc2)c(-c2ccccc2)n1)C(=O)NC(C)(C#N)C(C)C. The van der Waals surface area contributed by atoms with Crippen LogP contribution >= 0.6 is 11.8 Å². The highest BCUT2D eigenvalue weighted by Crippen LogP contribution is 2.30. The third-order valence-electron chi connectivity index (χ3n) is 5.18. The molecule has 0 saturated heterocycles. The lowest BCUT2D eigenvalue weighted by Crippen LogP contribution is -2.51. The number of carbonyl (C=O) groups excluding carboxylic acids is 1. The zero-order valence-electron chi connectivity index (χ0n) is 18.0. The van der Waals surface area contributed by atoms with E-state index in [4.69, 9.17) is 4.98 Å². The van der Waals surface area contributed by atoms with Gasteiger partial charge >= 0.3 is 0 Å². The first-order chi connectivity index (χ1) is 14.8. The van der Waals surface area contributed by atoms with Crippen LogP contribution in [0.2, 0.25) is 0 Å². The molecule has 0 aliphatic rings. The lowest BCUT2D eigenvalue weighted by molar-refractivity contribution is -0.121. The molecule has 0 aliphatic heterocycles. The summed E-state index contributed by atoms with van der Waals surface area (Å²) < 4.78 is 0. The minimum Gasteiger partial charge on any atom is -0.337 e. The second-order valence-corrected chi connectivity index (χ2v) is 9.05. The van der Waals surface area contributed by atoms with Crippen LogP contribution in [0.25, 0.3) is 22.5 Å². The number of hydrogen-bond donors (Lipinski definition) is 1. The Morgan fingerprint density at radius 1 is 0.968 bits per heavy atom. The van der Waals surface area contributed by atoms with E-state index in [1.165, 1.54) is 11.8 Å². The Morgan fingerprint density at radius 3 is 2.03 bits per heavy atom. The Morgan fingerprint density at radius 2 is 1.52 bits per heavy atom. The average molecular weight is 432 g/mol. The molecule has 0 spiro atoms. The lowest BCUT2D eigenvalue weighted by Gasteiger charge is -2.28. The molecule has 3 aromatic rings. The standard InChI is InChI=1S/C24H25N5OS/c1-16(2)24(4,15-25)27-22(30)17(3)31-23-26-20(18-11-7-5-8-12-18)21(28-29-23)19-13-9-6-10-14-19/h5-14,16-17H,1-4H3,(H,27,30). The molecule has 0 radical (unpaired) electrons. The summed E-state index contributed by atoms with van der Waals surface area (Å²) in [6.07, 6.45) is 0. The van der Waals surface area contributed by atoms with Crippen LogP contribution in [0.15, 0.2) is 65.8 Å². The van der Waals surface area contributed by atoms with Gasteiger partial charge in [-0.15, -0.1) is 10.2 Å². The number of aromatic nitrogens is 3. The Bertz CT molecular complexity index is 1080. The normalized spacial score (nSPS) is 13.8. The van der Waals surface area contributed by atoms with Crippen LogP contribution in [-0.4, -0.2) is 31.9 Å². The smallest absolute Gasteiger partial charge is 0.234 e. The van der Waals surface area contributed by atoms with E-state index in [9.17, 15) is 10.1 Å². The monoisotopic (exact) mass is 431 g/mol. The van der Waals surface area contributed by atoms with Gasteiger partial charge in [-0.1, -0.05) is 86.3 Å². The molecule has 1 amide bonds. The molecular weight excluding hydrogens is 406 g/mol. The van der Waals surface area contributed by atoms with Gasteiger partial charge in [-0.25, -0.2) is 4.98 Å². The van der Waals surface area contributed by atoms with E-state index in [0.717, 1.165) is 11.1 Å². The number of carbonyl (C=O) groups is 1. The summed E-state index contributed by atoms with van der Waals surface area (Å²) in [5.41, 5.74) is 2.31. The van der Waals surface area contributed by atoms with Gasteiger partial charge in [0.1, 0.15) is 16.9 Å². The van der Waals surface area contributed by atoms with Crippen molar-refractivity contribution in [2.75, 3.05) is 0 Å². The highest BCUT2D eigenvalue weighted by molar-refractivity contribution is 8.00. The molecule has 1 aromatic heterocycles. The quantitative estimate of drug-likeness (QED) is 0.543. The van der Waals surface area contributed by atoms with Crippen LogP contribution < -0.4 is 5.32 Å². The molecule has 2 unspecified atom stereocenters. The first-order valence-electron chi connectivity index (χ1n) is 10.1. The second-order valence-electron chi connectivity index (χ2n) is 7.74. The first kappa shape index (κ1) is 22.4. The molecule has 0 saturated carbocycles.